The molecule has 3 rings (SSSR count). The summed E-state index contributed by atoms with van der Waals surface area (Å²) in [4.78, 5) is 16.5. The number of carbonyl (C=O) groups is 1. The number of nitrogens with one attached hydrogen (secondary N) is 1. The summed E-state index contributed by atoms with van der Waals surface area (Å²) in [6.45, 7) is 6.71. The molecule has 2 aliphatic heterocycles. The van der Waals surface area contributed by atoms with E-state index in [1.165, 1.54) is 0 Å². The molecular formula is C17H25N3O3. The third-order valence-corrected chi connectivity index (χ3v) is 4.53. The predicted molar refractivity (Wildman–Crippen MR) is 87.9 cm³/mol. The number of ether oxygens (including phenoxy) is 2. The Morgan fingerprint density at radius 2 is 1.96 bits per heavy atom. The highest BCUT2D eigenvalue weighted by molar-refractivity contribution is 5.80. The van der Waals surface area contributed by atoms with Crippen LogP contribution in [-0.4, -0.2) is 75.2 Å². The lowest BCUT2D eigenvalue weighted by Gasteiger charge is -2.38. The molecule has 23 heavy (non-hydrogen) atoms. The van der Waals surface area contributed by atoms with Crippen LogP contribution in [0.15, 0.2) is 24.3 Å². The van der Waals surface area contributed by atoms with E-state index in [1.54, 1.807) is 7.11 Å². The Labute approximate surface area is 137 Å². The van der Waals surface area contributed by atoms with Gasteiger partial charge in [-0.3, -0.25) is 9.69 Å². The van der Waals surface area contributed by atoms with Gasteiger partial charge in [-0.25, -0.2) is 0 Å². The number of amides is 1. The van der Waals surface area contributed by atoms with Crippen molar-refractivity contribution in [2.24, 2.45) is 5.92 Å². The number of hydrogen-bond acceptors (Lipinski definition) is 5. The van der Waals surface area contributed by atoms with Gasteiger partial charge in [0.15, 0.2) is 0 Å². The van der Waals surface area contributed by atoms with Crippen LogP contribution in [0.4, 0.5) is 0 Å². The van der Waals surface area contributed by atoms with E-state index in [1.807, 2.05) is 29.2 Å². The summed E-state index contributed by atoms with van der Waals surface area (Å²) in [5.41, 5.74) is 0. The minimum absolute atomic E-state index is 0.206. The first-order valence-electron chi connectivity index (χ1n) is 8.25. The first-order chi connectivity index (χ1) is 11.3. The summed E-state index contributed by atoms with van der Waals surface area (Å²) in [6, 6.07) is 7.66. The summed E-state index contributed by atoms with van der Waals surface area (Å²) in [5, 5.41) is 3.16. The van der Waals surface area contributed by atoms with Crippen molar-refractivity contribution in [3.05, 3.63) is 24.3 Å². The molecule has 0 aliphatic carbocycles. The average molecular weight is 319 g/mol. The molecule has 1 amide bonds. The van der Waals surface area contributed by atoms with Gasteiger partial charge in [-0.2, -0.15) is 0 Å². The minimum Gasteiger partial charge on any atom is -0.497 e. The molecule has 1 aromatic carbocycles. The Morgan fingerprint density at radius 1 is 1.22 bits per heavy atom. The number of methoxy groups -OCH3 is 1. The first kappa shape index (κ1) is 16.1. The van der Waals surface area contributed by atoms with Gasteiger partial charge in [-0.15, -0.1) is 0 Å². The van der Waals surface area contributed by atoms with Gasteiger partial charge in [0.1, 0.15) is 18.1 Å². The van der Waals surface area contributed by atoms with Crippen LogP contribution >= 0.6 is 0 Å². The van der Waals surface area contributed by atoms with Gasteiger partial charge in [0.2, 0.25) is 5.91 Å². The van der Waals surface area contributed by atoms with E-state index in [2.05, 4.69) is 10.2 Å². The molecule has 1 N–H and O–H groups in total. The van der Waals surface area contributed by atoms with Crippen LogP contribution in [0.25, 0.3) is 0 Å². The number of carbonyl (C=O) groups excluding carboxylic acids is 1. The lowest BCUT2D eigenvalue weighted by molar-refractivity contribution is -0.138. The van der Waals surface area contributed by atoms with E-state index in [4.69, 9.17) is 9.47 Å². The lowest BCUT2D eigenvalue weighted by Crippen LogP contribution is -2.56. The third-order valence-electron chi connectivity index (χ3n) is 4.53. The van der Waals surface area contributed by atoms with Crippen LogP contribution < -0.4 is 14.8 Å². The molecule has 0 radical (unpaired) electrons. The van der Waals surface area contributed by atoms with E-state index in [0.717, 1.165) is 57.3 Å². The second-order valence-corrected chi connectivity index (χ2v) is 6.05. The maximum absolute atomic E-state index is 12.2. The van der Waals surface area contributed by atoms with E-state index in [0.29, 0.717) is 12.5 Å². The SMILES string of the molecule is COc1cccc(OCCN2CCN(C(=O)C3CNC3)CC2)c1. The largest absolute Gasteiger partial charge is 0.497 e. The van der Waals surface area contributed by atoms with Crippen LogP contribution in [0, 0.1) is 5.92 Å². The summed E-state index contributed by atoms with van der Waals surface area (Å²) in [6.07, 6.45) is 0. The van der Waals surface area contributed by atoms with Crippen molar-refractivity contribution in [2.45, 2.75) is 0 Å². The lowest BCUT2D eigenvalue weighted by atomic mass is 10.0. The fraction of sp³-hybridized carbons (Fsp3) is 0.588. The second-order valence-electron chi connectivity index (χ2n) is 6.05. The predicted octanol–water partition coefficient (Wildman–Crippen LogP) is 0.438. The molecule has 2 heterocycles. The highest BCUT2D eigenvalue weighted by Crippen LogP contribution is 2.18. The van der Waals surface area contributed by atoms with Crippen molar-refractivity contribution in [1.82, 2.24) is 15.1 Å². The number of hydrogen-bond donors (Lipinski definition) is 1. The quantitative estimate of drug-likeness (QED) is 0.824. The fourth-order valence-electron chi connectivity index (χ4n) is 2.90. The summed E-state index contributed by atoms with van der Waals surface area (Å²) in [7, 11) is 1.65. The number of nitrogens with zero attached hydrogens (tertiary/aromatic N) is 2. The Balaban J connectivity index is 1.36. The van der Waals surface area contributed by atoms with Crippen molar-refractivity contribution < 1.29 is 14.3 Å². The van der Waals surface area contributed by atoms with E-state index in [9.17, 15) is 4.79 Å². The Morgan fingerprint density at radius 3 is 2.61 bits per heavy atom. The standard InChI is InChI=1S/C17H25N3O3/c1-22-15-3-2-4-16(11-15)23-10-9-19-5-7-20(8-6-19)17(21)14-12-18-13-14/h2-4,11,14,18H,5-10,12-13H2,1H3. The maximum Gasteiger partial charge on any atom is 0.228 e. The number of rotatable bonds is 6. The van der Waals surface area contributed by atoms with Crippen LogP contribution in [0.1, 0.15) is 0 Å². The van der Waals surface area contributed by atoms with Crippen molar-refractivity contribution in [1.29, 1.82) is 0 Å². The molecule has 6 heteroatoms. The van der Waals surface area contributed by atoms with Crippen molar-refractivity contribution >= 4 is 5.91 Å². The Kier molecular flexibility index (Phi) is 5.35. The smallest absolute Gasteiger partial charge is 0.228 e. The molecule has 0 spiro atoms. The molecule has 2 saturated heterocycles. The van der Waals surface area contributed by atoms with Crippen LogP contribution in [0.5, 0.6) is 11.5 Å². The van der Waals surface area contributed by atoms with Crippen molar-refractivity contribution in [3.8, 4) is 11.5 Å². The van der Waals surface area contributed by atoms with Crippen molar-refractivity contribution in [2.75, 3.05) is 59.5 Å². The van der Waals surface area contributed by atoms with Gasteiger partial charge in [0.25, 0.3) is 0 Å². The summed E-state index contributed by atoms with van der Waals surface area (Å²) < 4.78 is 11.0. The highest BCUT2D eigenvalue weighted by atomic mass is 16.5. The van der Waals surface area contributed by atoms with Crippen LogP contribution in [-0.2, 0) is 4.79 Å². The molecule has 0 aromatic heterocycles. The Bertz CT molecular complexity index is 526. The molecule has 2 aliphatic rings. The zero-order valence-corrected chi connectivity index (χ0v) is 13.7. The fourth-order valence-corrected chi connectivity index (χ4v) is 2.90. The van der Waals surface area contributed by atoms with Gasteiger partial charge in [-0.1, -0.05) is 6.07 Å². The minimum atomic E-state index is 0.206. The highest BCUT2D eigenvalue weighted by Gasteiger charge is 2.30. The molecule has 2 fully saturated rings. The summed E-state index contributed by atoms with van der Waals surface area (Å²) >= 11 is 0. The zero-order chi connectivity index (χ0) is 16.1. The topological polar surface area (TPSA) is 54.0 Å². The third kappa shape index (κ3) is 4.14. The zero-order valence-electron chi connectivity index (χ0n) is 13.7. The van der Waals surface area contributed by atoms with Gasteiger partial charge in [0.05, 0.1) is 13.0 Å². The van der Waals surface area contributed by atoms with E-state index < -0.39 is 0 Å². The molecule has 0 bridgehead atoms. The van der Waals surface area contributed by atoms with Crippen LogP contribution in [0.2, 0.25) is 0 Å². The number of benzene rings is 1. The van der Waals surface area contributed by atoms with E-state index in [-0.39, 0.29) is 5.92 Å². The van der Waals surface area contributed by atoms with Gasteiger partial charge in [0, 0.05) is 51.9 Å². The second kappa shape index (κ2) is 7.66. The summed E-state index contributed by atoms with van der Waals surface area (Å²) in [5.74, 6) is 2.16. The molecule has 6 nitrogen and oxygen atoms in total. The van der Waals surface area contributed by atoms with Crippen LogP contribution in [0.3, 0.4) is 0 Å². The normalized spacial score (nSPS) is 19.3. The average Bonchev–Trinajstić information content (AvgIpc) is 2.54. The molecule has 126 valence electrons. The number of piperazine rings is 1. The van der Waals surface area contributed by atoms with Gasteiger partial charge < -0.3 is 19.7 Å². The molecule has 1 aromatic rings. The molecule has 0 atom stereocenters. The molecule has 0 unspecified atom stereocenters. The Hall–Kier alpha value is -1.79. The maximum atomic E-state index is 12.2. The molecular weight excluding hydrogens is 294 g/mol. The monoisotopic (exact) mass is 319 g/mol. The van der Waals surface area contributed by atoms with Crippen molar-refractivity contribution in [3.63, 3.8) is 0 Å². The first-order valence-corrected chi connectivity index (χ1v) is 8.25. The molecule has 0 saturated carbocycles. The van der Waals surface area contributed by atoms with E-state index >= 15 is 0 Å². The van der Waals surface area contributed by atoms with Gasteiger partial charge in [-0.05, 0) is 12.1 Å². The van der Waals surface area contributed by atoms with Gasteiger partial charge >= 0.3 is 0 Å².